The lowest BCUT2D eigenvalue weighted by Crippen LogP contribution is -2.21. The lowest BCUT2D eigenvalue weighted by Gasteiger charge is -2.18. The molecule has 4 rings (SSSR count). The first-order valence-electron chi connectivity index (χ1n) is 10.2. The highest BCUT2D eigenvalue weighted by Gasteiger charge is 2.15. The molecular formula is C24H27N5O. The Labute approximate surface area is 176 Å². The highest BCUT2D eigenvalue weighted by Crippen LogP contribution is 2.24. The summed E-state index contributed by atoms with van der Waals surface area (Å²) in [6, 6.07) is 20.1. The van der Waals surface area contributed by atoms with Crippen molar-refractivity contribution in [2.45, 2.75) is 39.2 Å². The summed E-state index contributed by atoms with van der Waals surface area (Å²) in [5.41, 5.74) is 4.12. The monoisotopic (exact) mass is 401 g/mol. The molecule has 2 N–H and O–H groups in total. The molecule has 2 aromatic carbocycles. The van der Waals surface area contributed by atoms with Crippen LogP contribution in [0.2, 0.25) is 0 Å². The van der Waals surface area contributed by atoms with Gasteiger partial charge in [0.25, 0.3) is 5.56 Å². The van der Waals surface area contributed by atoms with Crippen LogP contribution in [0.5, 0.6) is 0 Å². The SMILES string of the molecule is CC(C)(C)c1ccc(-c2nc3[nH]c(CNCCc4ccccc4)cc(=O)n3n2)cc1. The number of hydrogen-bond acceptors (Lipinski definition) is 4. The molecule has 2 aromatic heterocycles. The van der Waals surface area contributed by atoms with Gasteiger partial charge in [-0.1, -0.05) is 75.4 Å². The van der Waals surface area contributed by atoms with E-state index >= 15 is 0 Å². The summed E-state index contributed by atoms with van der Waals surface area (Å²) in [6.07, 6.45) is 0.937. The minimum absolute atomic E-state index is 0.0866. The second-order valence-electron chi connectivity index (χ2n) is 8.54. The molecule has 6 nitrogen and oxygen atoms in total. The van der Waals surface area contributed by atoms with Crippen molar-refractivity contribution in [3.05, 3.63) is 87.8 Å². The van der Waals surface area contributed by atoms with E-state index in [2.05, 4.69) is 65.4 Å². The van der Waals surface area contributed by atoms with Crippen molar-refractivity contribution >= 4 is 5.78 Å². The zero-order valence-corrected chi connectivity index (χ0v) is 17.6. The molecule has 0 saturated heterocycles. The molecule has 0 unspecified atom stereocenters. The molecule has 6 heteroatoms. The van der Waals surface area contributed by atoms with Gasteiger partial charge in [0, 0.05) is 23.9 Å². The Hall–Kier alpha value is -3.25. The fraction of sp³-hybridized carbons (Fsp3) is 0.292. The predicted octanol–water partition coefficient (Wildman–Crippen LogP) is 3.71. The first-order valence-corrected chi connectivity index (χ1v) is 10.2. The molecular weight excluding hydrogens is 374 g/mol. The predicted molar refractivity (Wildman–Crippen MR) is 120 cm³/mol. The maximum absolute atomic E-state index is 12.5. The first-order chi connectivity index (χ1) is 14.4. The lowest BCUT2D eigenvalue weighted by molar-refractivity contribution is 0.590. The van der Waals surface area contributed by atoms with E-state index in [-0.39, 0.29) is 11.0 Å². The average Bonchev–Trinajstić information content (AvgIpc) is 3.16. The summed E-state index contributed by atoms with van der Waals surface area (Å²) in [7, 11) is 0. The van der Waals surface area contributed by atoms with E-state index in [1.165, 1.54) is 15.6 Å². The largest absolute Gasteiger partial charge is 0.326 e. The standard InChI is InChI=1S/C24H27N5O/c1-24(2,3)19-11-9-18(10-12-19)22-27-23-26-20(15-21(30)29(23)28-22)16-25-14-13-17-7-5-4-6-8-17/h4-12,15,25H,13-14,16H2,1-3H3,(H,26,27,28). The van der Waals surface area contributed by atoms with Crippen molar-refractivity contribution in [1.29, 1.82) is 0 Å². The van der Waals surface area contributed by atoms with E-state index in [9.17, 15) is 4.79 Å². The summed E-state index contributed by atoms with van der Waals surface area (Å²) in [5.74, 6) is 0.996. The van der Waals surface area contributed by atoms with Crippen molar-refractivity contribution in [2.75, 3.05) is 6.54 Å². The number of nitrogens with zero attached hydrogens (tertiary/aromatic N) is 3. The van der Waals surface area contributed by atoms with Gasteiger partial charge in [-0.25, -0.2) is 0 Å². The molecule has 0 aliphatic carbocycles. The second-order valence-corrected chi connectivity index (χ2v) is 8.54. The number of H-pyrrole nitrogens is 1. The van der Waals surface area contributed by atoms with Crippen LogP contribution in [0.3, 0.4) is 0 Å². The van der Waals surface area contributed by atoms with Gasteiger partial charge >= 0.3 is 0 Å². The molecule has 0 aliphatic rings. The van der Waals surface area contributed by atoms with Gasteiger partial charge in [0.15, 0.2) is 5.82 Å². The van der Waals surface area contributed by atoms with Gasteiger partial charge in [-0.2, -0.15) is 9.50 Å². The molecule has 0 amide bonds. The Bertz CT molecular complexity index is 1180. The first kappa shape index (κ1) is 20.0. The Morgan fingerprint density at radius 3 is 2.47 bits per heavy atom. The Balaban J connectivity index is 1.48. The van der Waals surface area contributed by atoms with Gasteiger partial charge in [0.1, 0.15) is 0 Å². The molecule has 0 atom stereocenters. The van der Waals surface area contributed by atoms with Crippen molar-refractivity contribution < 1.29 is 0 Å². The van der Waals surface area contributed by atoms with Gasteiger partial charge in [0.2, 0.25) is 5.78 Å². The topological polar surface area (TPSA) is 75.1 Å². The van der Waals surface area contributed by atoms with Gasteiger partial charge in [-0.15, -0.1) is 5.10 Å². The molecule has 4 aromatic rings. The number of benzene rings is 2. The minimum atomic E-state index is -0.186. The van der Waals surface area contributed by atoms with Crippen LogP contribution in [0.1, 0.15) is 37.6 Å². The maximum Gasteiger partial charge on any atom is 0.275 e. The molecule has 0 spiro atoms. The average molecular weight is 402 g/mol. The summed E-state index contributed by atoms with van der Waals surface area (Å²) in [6.45, 7) is 7.94. The summed E-state index contributed by atoms with van der Waals surface area (Å²) in [4.78, 5) is 20.3. The number of aromatic amines is 1. The summed E-state index contributed by atoms with van der Waals surface area (Å²) >= 11 is 0. The van der Waals surface area contributed by atoms with Crippen LogP contribution in [0.15, 0.2) is 65.5 Å². The number of nitrogens with one attached hydrogen (secondary N) is 2. The van der Waals surface area contributed by atoms with E-state index in [0.29, 0.717) is 18.1 Å². The van der Waals surface area contributed by atoms with Crippen molar-refractivity contribution in [3.63, 3.8) is 0 Å². The number of aromatic nitrogens is 4. The molecule has 2 heterocycles. The fourth-order valence-electron chi connectivity index (χ4n) is 3.37. The number of fused-ring (bicyclic) bond motifs is 1. The third-order valence-electron chi connectivity index (χ3n) is 5.14. The van der Waals surface area contributed by atoms with E-state index in [1.807, 2.05) is 30.3 Å². The third kappa shape index (κ3) is 4.49. The van der Waals surface area contributed by atoms with Crippen LogP contribution in [-0.2, 0) is 18.4 Å². The van der Waals surface area contributed by atoms with Crippen LogP contribution in [-0.4, -0.2) is 26.1 Å². The van der Waals surface area contributed by atoms with Crippen LogP contribution in [0.25, 0.3) is 17.2 Å². The Morgan fingerprint density at radius 1 is 1.03 bits per heavy atom. The van der Waals surface area contributed by atoms with E-state index < -0.39 is 0 Å². The van der Waals surface area contributed by atoms with Crippen LogP contribution in [0.4, 0.5) is 0 Å². The van der Waals surface area contributed by atoms with E-state index in [0.717, 1.165) is 24.2 Å². The molecule has 154 valence electrons. The Morgan fingerprint density at radius 2 is 1.77 bits per heavy atom. The van der Waals surface area contributed by atoms with Crippen LogP contribution >= 0.6 is 0 Å². The lowest BCUT2D eigenvalue weighted by atomic mass is 9.87. The summed E-state index contributed by atoms with van der Waals surface area (Å²) < 4.78 is 1.32. The summed E-state index contributed by atoms with van der Waals surface area (Å²) in [5, 5.41) is 7.77. The maximum atomic E-state index is 12.5. The molecule has 30 heavy (non-hydrogen) atoms. The quantitative estimate of drug-likeness (QED) is 0.483. The highest BCUT2D eigenvalue weighted by molar-refractivity contribution is 5.57. The third-order valence-corrected chi connectivity index (χ3v) is 5.14. The smallest absolute Gasteiger partial charge is 0.275 e. The van der Waals surface area contributed by atoms with Crippen LogP contribution < -0.4 is 10.9 Å². The van der Waals surface area contributed by atoms with Crippen molar-refractivity contribution in [3.8, 4) is 11.4 Å². The van der Waals surface area contributed by atoms with Gasteiger partial charge in [0.05, 0.1) is 0 Å². The Kier molecular flexibility index (Phi) is 5.50. The molecule has 0 fully saturated rings. The fourth-order valence-corrected chi connectivity index (χ4v) is 3.37. The van der Waals surface area contributed by atoms with Crippen molar-refractivity contribution in [1.82, 2.24) is 24.9 Å². The van der Waals surface area contributed by atoms with E-state index in [1.54, 1.807) is 6.07 Å². The molecule has 0 radical (unpaired) electrons. The van der Waals surface area contributed by atoms with Gasteiger partial charge in [-0.05, 0) is 29.5 Å². The number of hydrogen-bond donors (Lipinski definition) is 2. The van der Waals surface area contributed by atoms with Crippen molar-refractivity contribution in [2.24, 2.45) is 0 Å². The van der Waals surface area contributed by atoms with E-state index in [4.69, 9.17) is 0 Å². The van der Waals surface area contributed by atoms with Gasteiger partial charge < -0.3 is 10.3 Å². The molecule has 0 aliphatic heterocycles. The molecule has 0 bridgehead atoms. The van der Waals surface area contributed by atoms with Crippen LogP contribution in [0, 0.1) is 0 Å². The van der Waals surface area contributed by atoms with Gasteiger partial charge in [-0.3, -0.25) is 4.79 Å². The minimum Gasteiger partial charge on any atom is -0.326 e. The second kappa shape index (κ2) is 8.24. The molecule has 0 saturated carbocycles. The highest BCUT2D eigenvalue weighted by atomic mass is 16.1. The zero-order valence-electron chi connectivity index (χ0n) is 17.6. The number of rotatable bonds is 6. The normalized spacial score (nSPS) is 11.8. The zero-order chi connectivity index (χ0) is 21.1.